The van der Waals surface area contributed by atoms with Crippen molar-refractivity contribution >= 4 is 5.91 Å². The molecule has 2 aromatic carbocycles. The lowest BCUT2D eigenvalue weighted by Gasteiger charge is -2.13. The third kappa shape index (κ3) is 1.87. The van der Waals surface area contributed by atoms with E-state index in [2.05, 4.69) is 15.5 Å². The summed E-state index contributed by atoms with van der Waals surface area (Å²) in [6.07, 6.45) is 0. The van der Waals surface area contributed by atoms with Crippen molar-refractivity contribution in [1.82, 2.24) is 15.5 Å². The van der Waals surface area contributed by atoms with Gasteiger partial charge in [0, 0.05) is 11.1 Å². The topological polar surface area (TPSA) is 78.0 Å². The molecule has 3 N–H and O–H groups in total. The first-order chi connectivity index (χ1) is 10.7. The fourth-order valence-electron chi connectivity index (χ4n) is 2.85. The molecule has 0 aliphatic carbocycles. The van der Waals surface area contributed by atoms with Crippen molar-refractivity contribution < 1.29 is 9.90 Å². The lowest BCUT2D eigenvalue weighted by molar-refractivity contribution is 0.0955. The first-order valence-corrected chi connectivity index (χ1v) is 6.97. The normalized spacial score (nSPS) is 16.4. The first kappa shape index (κ1) is 12.6. The zero-order valence-corrected chi connectivity index (χ0v) is 11.6. The number of rotatable bonds is 2. The van der Waals surface area contributed by atoms with Gasteiger partial charge in [0.25, 0.3) is 5.91 Å². The summed E-state index contributed by atoms with van der Waals surface area (Å²) in [4.78, 5) is 12.1. The van der Waals surface area contributed by atoms with Crippen LogP contribution in [0.25, 0.3) is 11.3 Å². The van der Waals surface area contributed by atoms with E-state index in [1.54, 1.807) is 18.2 Å². The summed E-state index contributed by atoms with van der Waals surface area (Å²) in [5.74, 6) is -0.0111. The SMILES string of the molecule is O=C1NC(c2cccc(O)c2)c2c(-c3ccccc3)n[nH]c21. The van der Waals surface area contributed by atoms with Crippen molar-refractivity contribution in [2.75, 3.05) is 0 Å². The van der Waals surface area contributed by atoms with Crippen molar-refractivity contribution in [2.45, 2.75) is 6.04 Å². The molecular weight excluding hydrogens is 278 g/mol. The van der Waals surface area contributed by atoms with Crippen LogP contribution in [0.2, 0.25) is 0 Å². The molecule has 4 rings (SSSR count). The molecule has 0 saturated carbocycles. The van der Waals surface area contributed by atoms with E-state index in [1.165, 1.54) is 0 Å². The van der Waals surface area contributed by atoms with E-state index in [0.717, 1.165) is 22.4 Å². The van der Waals surface area contributed by atoms with Crippen molar-refractivity contribution in [3.63, 3.8) is 0 Å². The molecule has 108 valence electrons. The van der Waals surface area contributed by atoms with Gasteiger partial charge in [0.15, 0.2) is 0 Å². The largest absolute Gasteiger partial charge is 0.508 e. The number of hydrogen-bond acceptors (Lipinski definition) is 3. The van der Waals surface area contributed by atoms with Crippen LogP contribution in [0.5, 0.6) is 5.75 Å². The number of H-pyrrole nitrogens is 1. The summed E-state index contributed by atoms with van der Waals surface area (Å²) in [5.41, 5.74) is 3.82. The quantitative estimate of drug-likeness (QED) is 0.679. The summed E-state index contributed by atoms with van der Waals surface area (Å²) in [5, 5.41) is 19.8. The number of carbonyl (C=O) groups is 1. The maximum Gasteiger partial charge on any atom is 0.270 e. The van der Waals surface area contributed by atoms with Crippen LogP contribution in [-0.4, -0.2) is 21.2 Å². The molecular formula is C17H13N3O2. The summed E-state index contributed by atoms with van der Waals surface area (Å²) < 4.78 is 0. The molecule has 0 radical (unpaired) electrons. The van der Waals surface area contributed by atoms with Gasteiger partial charge in [0.2, 0.25) is 0 Å². The fraction of sp³-hybridized carbons (Fsp3) is 0.0588. The highest BCUT2D eigenvalue weighted by Gasteiger charge is 2.35. The highest BCUT2D eigenvalue weighted by atomic mass is 16.3. The number of phenols is 1. The van der Waals surface area contributed by atoms with Gasteiger partial charge in [-0.05, 0) is 17.7 Å². The van der Waals surface area contributed by atoms with Crippen LogP contribution in [0.1, 0.15) is 27.7 Å². The van der Waals surface area contributed by atoms with Gasteiger partial charge < -0.3 is 10.4 Å². The molecule has 1 atom stereocenters. The smallest absolute Gasteiger partial charge is 0.270 e. The highest BCUT2D eigenvalue weighted by Crippen LogP contribution is 2.37. The lowest BCUT2D eigenvalue weighted by atomic mass is 9.97. The molecule has 1 aromatic heterocycles. The maximum absolute atomic E-state index is 12.1. The average molecular weight is 291 g/mol. The molecule has 5 heteroatoms. The summed E-state index contributed by atoms with van der Waals surface area (Å²) in [6, 6.07) is 16.3. The molecule has 1 aliphatic rings. The Bertz CT molecular complexity index is 855. The van der Waals surface area contributed by atoms with Gasteiger partial charge in [-0.15, -0.1) is 0 Å². The molecule has 5 nitrogen and oxygen atoms in total. The summed E-state index contributed by atoms with van der Waals surface area (Å²) >= 11 is 0. The van der Waals surface area contributed by atoms with E-state index >= 15 is 0 Å². The van der Waals surface area contributed by atoms with Gasteiger partial charge in [-0.25, -0.2) is 0 Å². The molecule has 22 heavy (non-hydrogen) atoms. The summed E-state index contributed by atoms with van der Waals surface area (Å²) in [7, 11) is 0. The Balaban J connectivity index is 1.88. The first-order valence-electron chi connectivity index (χ1n) is 6.97. The van der Waals surface area contributed by atoms with Crippen molar-refractivity contribution in [3.05, 3.63) is 71.4 Å². The van der Waals surface area contributed by atoms with Crippen LogP contribution in [0, 0.1) is 0 Å². The fourth-order valence-corrected chi connectivity index (χ4v) is 2.85. The number of aromatic amines is 1. The van der Waals surface area contributed by atoms with Gasteiger partial charge in [0.05, 0.1) is 11.7 Å². The maximum atomic E-state index is 12.1. The summed E-state index contributed by atoms with van der Waals surface area (Å²) in [6.45, 7) is 0. The Hall–Kier alpha value is -3.08. The Morgan fingerprint density at radius 1 is 1.05 bits per heavy atom. The number of aromatic nitrogens is 2. The molecule has 0 saturated heterocycles. The van der Waals surface area contributed by atoms with E-state index in [-0.39, 0.29) is 17.7 Å². The van der Waals surface area contributed by atoms with Crippen LogP contribution in [-0.2, 0) is 0 Å². The number of carbonyl (C=O) groups excluding carboxylic acids is 1. The van der Waals surface area contributed by atoms with Crippen LogP contribution < -0.4 is 5.32 Å². The minimum Gasteiger partial charge on any atom is -0.508 e. The second-order valence-corrected chi connectivity index (χ2v) is 5.23. The number of benzene rings is 2. The van der Waals surface area contributed by atoms with Gasteiger partial charge in [-0.2, -0.15) is 5.10 Å². The zero-order valence-electron chi connectivity index (χ0n) is 11.6. The molecule has 0 fully saturated rings. The van der Waals surface area contributed by atoms with E-state index in [4.69, 9.17) is 0 Å². The third-order valence-corrected chi connectivity index (χ3v) is 3.85. The van der Waals surface area contributed by atoms with Crippen molar-refractivity contribution in [2.24, 2.45) is 0 Å². The Morgan fingerprint density at radius 3 is 2.64 bits per heavy atom. The predicted octanol–water partition coefficient (Wildman–Crippen LogP) is 2.62. The van der Waals surface area contributed by atoms with E-state index in [9.17, 15) is 9.90 Å². The lowest BCUT2D eigenvalue weighted by Crippen LogP contribution is -2.21. The molecule has 1 aliphatic heterocycles. The second kappa shape index (κ2) is 4.73. The van der Waals surface area contributed by atoms with Crippen LogP contribution >= 0.6 is 0 Å². The van der Waals surface area contributed by atoms with Gasteiger partial charge in [-0.3, -0.25) is 9.89 Å². The van der Waals surface area contributed by atoms with E-state index < -0.39 is 0 Å². The molecule has 0 spiro atoms. The molecule has 1 amide bonds. The molecule has 3 aromatic rings. The second-order valence-electron chi connectivity index (χ2n) is 5.23. The number of nitrogens with zero attached hydrogens (tertiary/aromatic N) is 1. The van der Waals surface area contributed by atoms with Gasteiger partial charge >= 0.3 is 0 Å². The average Bonchev–Trinajstić information content (AvgIpc) is 3.10. The zero-order chi connectivity index (χ0) is 15.1. The number of aromatic hydroxyl groups is 1. The number of fused-ring (bicyclic) bond motifs is 1. The number of phenolic OH excluding ortho intramolecular Hbond substituents is 1. The van der Waals surface area contributed by atoms with Crippen LogP contribution in [0.4, 0.5) is 0 Å². The standard InChI is InChI=1S/C17H13N3O2/c21-12-8-4-7-11(9-12)14-13-15(10-5-2-1-3-6-10)19-20-16(13)17(22)18-14/h1-9,14,21H,(H,18,22)(H,19,20). The predicted molar refractivity (Wildman–Crippen MR) is 81.4 cm³/mol. The molecule has 2 heterocycles. The Morgan fingerprint density at radius 2 is 1.86 bits per heavy atom. The highest BCUT2D eigenvalue weighted by molar-refractivity contribution is 6.00. The van der Waals surface area contributed by atoms with Crippen LogP contribution in [0.15, 0.2) is 54.6 Å². The molecule has 0 bridgehead atoms. The third-order valence-electron chi connectivity index (χ3n) is 3.85. The molecule has 1 unspecified atom stereocenters. The number of amides is 1. The minimum atomic E-state index is -0.316. The minimum absolute atomic E-state index is 0.171. The van der Waals surface area contributed by atoms with Crippen molar-refractivity contribution in [1.29, 1.82) is 0 Å². The van der Waals surface area contributed by atoms with E-state index in [1.807, 2.05) is 36.4 Å². The van der Waals surface area contributed by atoms with Gasteiger partial charge in [0.1, 0.15) is 11.4 Å². The van der Waals surface area contributed by atoms with Crippen LogP contribution in [0.3, 0.4) is 0 Å². The Labute approximate surface area is 126 Å². The van der Waals surface area contributed by atoms with Gasteiger partial charge in [-0.1, -0.05) is 42.5 Å². The number of nitrogens with one attached hydrogen (secondary N) is 2. The van der Waals surface area contributed by atoms with E-state index in [0.29, 0.717) is 5.69 Å². The monoisotopic (exact) mass is 291 g/mol. The Kier molecular flexibility index (Phi) is 2.72. The van der Waals surface area contributed by atoms with Crippen molar-refractivity contribution in [3.8, 4) is 17.0 Å². The number of hydrogen-bond donors (Lipinski definition) is 3.